The Morgan fingerprint density at radius 1 is 1.26 bits per heavy atom. The number of piperazine rings is 1. The third-order valence-electron chi connectivity index (χ3n) is 4.46. The molecule has 2 fully saturated rings. The maximum atomic E-state index is 9.56. The van der Waals surface area contributed by atoms with E-state index < -0.39 is 0 Å². The molecule has 1 atom stereocenters. The van der Waals surface area contributed by atoms with Crippen LogP contribution in [0.1, 0.15) is 18.5 Å². The summed E-state index contributed by atoms with van der Waals surface area (Å²) in [5.74, 6) is 0.364. The van der Waals surface area contributed by atoms with Crippen LogP contribution >= 0.6 is 0 Å². The van der Waals surface area contributed by atoms with Gasteiger partial charge < -0.3 is 10.4 Å². The quantitative estimate of drug-likeness (QED) is 0.853. The minimum absolute atomic E-state index is 0.364. The van der Waals surface area contributed by atoms with Gasteiger partial charge >= 0.3 is 0 Å². The molecule has 0 aromatic heterocycles. The van der Waals surface area contributed by atoms with Crippen molar-refractivity contribution in [3.05, 3.63) is 29.8 Å². The van der Waals surface area contributed by atoms with Crippen LogP contribution in [-0.2, 0) is 0 Å². The predicted octanol–water partition coefficient (Wildman–Crippen LogP) is 1.04. The summed E-state index contributed by atoms with van der Waals surface area (Å²) in [5.41, 5.74) is 1.21. The SMILES string of the molecule is CC(c1cccc(O)c1)N1CC(N2CCNCC2)C1. The molecule has 0 spiro atoms. The van der Waals surface area contributed by atoms with Crippen LogP contribution < -0.4 is 5.32 Å². The molecule has 4 nitrogen and oxygen atoms in total. The van der Waals surface area contributed by atoms with E-state index in [4.69, 9.17) is 0 Å². The van der Waals surface area contributed by atoms with Gasteiger partial charge in [0.05, 0.1) is 0 Å². The van der Waals surface area contributed by atoms with E-state index in [0.717, 1.165) is 32.2 Å². The molecule has 1 aromatic carbocycles. The molecule has 2 aliphatic heterocycles. The maximum absolute atomic E-state index is 9.56. The number of phenolic OH excluding ortho intramolecular Hbond substituents is 1. The number of nitrogens with zero attached hydrogens (tertiary/aromatic N) is 2. The Kier molecular flexibility index (Phi) is 3.73. The summed E-state index contributed by atoms with van der Waals surface area (Å²) in [5, 5.41) is 13.0. The summed E-state index contributed by atoms with van der Waals surface area (Å²) < 4.78 is 0. The minimum atomic E-state index is 0.364. The Morgan fingerprint density at radius 2 is 2.00 bits per heavy atom. The first-order chi connectivity index (χ1) is 9.24. The van der Waals surface area contributed by atoms with Gasteiger partial charge in [0.15, 0.2) is 0 Å². The van der Waals surface area contributed by atoms with Gasteiger partial charge in [0, 0.05) is 51.4 Å². The van der Waals surface area contributed by atoms with Gasteiger partial charge in [0.25, 0.3) is 0 Å². The molecule has 4 heteroatoms. The van der Waals surface area contributed by atoms with Crippen molar-refractivity contribution in [1.82, 2.24) is 15.1 Å². The summed E-state index contributed by atoms with van der Waals surface area (Å²) in [6.07, 6.45) is 0. The van der Waals surface area contributed by atoms with Gasteiger partial charge in [-0.05, 0) is 24.6 Å². The van der Waals surface area contributed by atoms with Crippen molar-refractivity contribution in [1.29, 1.82) is 0 Å². The monoisotopic (exact) mass is 261 g/mol. The van der Waals surface area contributed by atoms with Crippen LogP contribution in [0.25, 0.3) is 0 Å². The lowest BCUT2D eigenvalue weighted by atomic mass is 9.99. The summed E-state index contributed by atoms with van der Waals surface area (Å²) in [6.45, 7) is 9.13. The molecule has 2 aliphatic rings. The van der Waals surface area contributed by atoms with Crippen LogP contribution in [0.2, 0.25) is 0 Å². The van der Waals surface area contributed by atoms with E-state index in [1.54, 1.807) is 6.07 Å². The van der Waals surface area contributed by atoms with Crippen molar-refractivity contribution in [2.45, 2.75) is 19.0 Å². The Bertz CT molecular complexity index is 425. The lowest BCUT2D eigenvalue weighted by Gasteiger charge is -2.49. The zero-order chi connectivity index (χ0) is 13.2. The van der Waals surface area contributed by atoms with Crippen LogP contribution in [-0.4, -0.2) is 60.2 Å². The summed E-state index contributed by atoms with van der Waals surface area (Å²) in [6, 6.07) is 8.75. The first-order valence-corrected chi connectivity index (χ1v) is 7.22. The van der Waals surface area contributed by atoms with Crippen LogP contribution in [0.3, 0.4) is 0 Å². The Morgan fingerprint density at radius 3 is 2.68 bits per heavy atom. The molecular weight excluding hydrogens is 238 g/mol. The molecule has 2 saturated heterocycles. The lowest BCUT2D eigenvalue weighted by molar-refractivity contribution is 0.00344. The number of likely N-dealkylation sites (tertiary alicyclic amines) is 1. The third kappa shape index (κ3) is 2.76. The zero-order valence-corrected chi connectivity index (χ0v) is 11.5. The van der Waals surface area contributed by atoms with Gasteiger partial charge in [0.1, 0.15) is 5.75 Å². The fraction of sp³-hybridized carbons (Fsp3) is 0.600. The highest BCUT2D eigenvalue weighted by Crippen LogP contribution is 2.29. The van der Waals surface area contributed by atoms with E-state index in [2.05, 4.69) is 28.1 Å². The van der Waals surface area contributed by atoms with Crippen molar-refractivity contribution in [3.63, 3.8) is 0 Å². The number of nitrogens with one attached hydrogen (secondary N) is 1. The summed E-state index contributed by atoms with van der Waals surface area (Å²) in [4.78, 5) is 5.09. The average Bonchev–Trinajstić information content (AvgIpc) is 2.38. The van der Waals surface area contributed by atoms with Crippen molar-refractivity contribution < 1.29 is 5.11 Å². The predicted molar refractivity (Wildman–Crippen MR) is 76.3 cm³/mol. The molecular formula is C15H23N3O. The standard InChI is InChI=1S/C15H23N3O/c1-12(13-3-2-4-15(19)9-13)18-10-14(11-18)17-7-5-16-6-8-17/h2-4,9,12,14,16,19H,5-8,10-11H2,1H3. The molecule has 0 amide bonds. The van der Waals surface area contributed by atoms with Crippen LogP contribution in [0.5, 0.6) is 5.75 Å². The topological polar surface area (TPSA) is 38.7 Å². The van der Waals surface area contributed by atoms with Gasteiger partial charge in [-0.3, -0.25) is 9.80 Å². The highest BCUT2D eigenvalue weighted by Gasteiger charge is 2.35. The normalized spacial score (nSPS) is 24.1. The minimum Gasteiger partial charge on any atom is -0.508 e. The number of phenols is 1. The molecule has 0 radical (unpaired) electrons. The number of rotatable bonds is 3. The molecule has 104 valence electrons. The van der Waals surface area contributed by atoms with E-state index >= 15 is 0 Å². The van der Waals surface area contributed by atoms with Crippen molar-refractivity contribution >= 4 is 0 Å². The Labute approximate surface area is 115 Å². The average molecular weight is 261 g/mol. The number of hydrogen-bond donors (Lipinski definition) is 2. The van der Waals surface area contributed by atoms with Crippen LogP contribution in [0.15, 0.2) is 24.3 Å². The van der Waals surface area contributed by atoms with Crippen LogP contribution in [0, 0.1) is 0 Å². The zero-order valence-electron chi connectivity index (χ0n) is 11.5. The molecule has 1 aromatic rings. The maximum Gasteiger partial charge on any atom is 0.115 e. The van der Waals surface area contributed by atoms with Crippen molar-refractivity contribution in [2.75, 3.05) is 39.3 Å². The molecule has 0 aliphatic carbocycles. The van der Waals surface area contributed by atoms with Crippen molar-refractivity contribution in [2.24, 2.45) is 0 Å². The summed E-state index contributed by atoms with van der Waals surface area (Å²) >= 11 is 0. The van der Waals surface area contributed by atoms with Crippen molar-refractivity contribution in [3.8, 4) is 5.75 Å². The van der Waals surface area contributed by atoms with E-state index in [-0.39, 0.29) is 0 Å². The van der Waals surface area contributed by atoms with Gasteiger partial charge in [-0.1, -0.05) is 12.1 Å². The molecule has 19 heavy (non-hydrogen) atoms. The van der Waals surface area contributed by atoms with Gasteiger partial charge in [-0.15, -0.1) is 0 Å². The second-order valence-electron chi connectivity index (χ2n) is 5.66. The van der Waals surface area contributed by atoms with E-state index in [1.165, 1.54) is 18.7 Å². The van der Waals surface area contributed by atoms with E-state index in [1.807, 2.05) is 12.1 Å². The second kappa shape index (κ2) is 5.49. The molecule has 2 heterocycles. The largest absolute Gasteiger partial charge is 0.508 e. The third-order valence-corrected chi connectivity index (χ3v) is 4.46. The number of aromatic hydroxyl groups is 1. The second-order valence-corrected chi connectivity index (χ2v) is 5.66. The highest BCUT2D eigenvalue weighted by atomic mass is 16.3. The van der Waals surface area contributed by atoms with E-state index in [9.17, 15) is 5.11 Å². The van der Waals surface area contributed by atoms with Gasteiger partial charge in [-0.25, -0.2) is 0 Å². The smallest absolute Gasteiger partial charge is 0.115 e. The fourth-order valence-corrected chi connectivity index (χ4v) is 3.08. The fourth-order valence-electron chi connectivity index (χ4n) is 3.08. The molecule has 0 bridgehead atoms. The highest BCUT2D eigenvalue weighted by molar-refractivity contribution is 5.29. The summed E-state index contributed by atoms with van der Waals surface area (Å²) in [7, 11) is 0. The van der Waals surface area contributed by atoms with Crippen LogP contribution in [0.4, 0.5) is 0 Å². The molecule has 3 rings (SSSR count). The van der Waals surface area contributed by atoms with Gasteiger partial charge in [0.2, 0.25) is 0 Å². The van der Waals surface area contributed by atoms with Gasteiger partial charge in [-0.2, -0.15) is 0 Å². The molecule has 1 unspecified atom stereocenters. The Balaban J connectivity index is 1.55. The number of benzene rings is 1. The molecule has 2 N–H and O–H groups in total. The Hall–Kier alpha value is -1.10. The lowest BCUT2D eigenvalue weighted by Crippen LogP contribution is -2.62. The van der Waals surface area contributed by atoms with E-state index in [0.29, 0.717) is 11.8 Å². The first kappa shape index (κ1) is 12.9. The molecule has 0 saturated carbocycles. The number of hydrogen-bond acceptors (Lipinski definition) is 4. The first-order valence-electron chi connectivity index (χ1n) is 7.22.